The summed E-state index contributed by atoms with van der Waals surface area (Å²) in [5, 5.41) is 0.688. The SMILES string of the molecule is COCCN(C=O)/C(N)=N\C1(C)c2cc(Cl)ccc2C[C@]12CC[C@@H](OC)CC2. The van der Waals surface area contributed by atoms with Crippen LogP contribution >= 0.6 is 11.6 Å². The van der Waals surface area contributed by atoms with Gasteiger partial charge < -0.3 is 15.2 Å². The molecule has 1 aromatic carbocycles. The van der Waals surface area contributed by atoms with Crippen molar-refractivity contribution in [1.29, 1.82) is 0 Å². The zero-order valence-electron chi connectivity index (χ0n) is 16.9. The normalized spacial score (nSPS) is 29.7. The molecule has 0 aromatic heterocycles. The Hall–Kier alpha value is -1.63. The van der Waals surface area contributed by atoms with E-state index in [4.69, 9.17) is 31.8 Å². The van der Waals surface area contributed by atoms with Gasteiger partial charge in [0.1, 0.15) is 0 Å². The fourth-order valence-corrected chi connectivity index (χ4v) is 5.08. The number of guanidine groups is 1. The molecule has 2 aliphatic rings. The Labute approximate surface area is 172 Å². The number of fused-ring (bicyclic) bond motifs is 1. The van der Waals surface area contributed by atoms with Crippen molar-refractivity contribution in [2.45, 2.75) is 50.7 Å². The summed E-state index contributed by atoms with van der Waals surface area (Å²) >= 11 is 6.34. The summed E-state index contributed by atoms with van der Waals surface area (Å²) in [6.45, 7) is 2.90. The number of amides is 1. The van der Waals surface area contributed by atoms with Gasteiger partial charge in [-0.3, -0.25) is 9.69 Å². The van der Waals surface area contributed by atoms with Crippen LogP contribution in [0.3, 0.4) is 0 Å². The van der Waals surface area contributed by atoms with E-state index < -0.39 is 5.54 Å². The van der Waals surface area contributed by atoms with Crippen molar-refractivity contribution < 1.29 is 14.3 Å². The third-order valence-corrected chi connectivity index (χ3v) is 6.91. The number of ether oxygens (including phenoxy) is 2. The van der Waals surface area contributed by atoms with Gasteiger partial charge in [0.2, 0.25) is 6.41 Å². The summed E-state index contributed by atoms with van der Waals surface area (Å²) in [4.78, 5) is 17.9. The molecule has 0 saturated heterocycles. The van der Waals surface area contributed by atoms with Crippen LogP contribution in [-0.2, 0) is 26.2 Å². The molecule has 1 saturated carbocycles. The van der Waals surface area contributed by atoms with Crippen LogP contribution in [0.15, 0.2) is 23.2 Å². The van der Waals surface area contributed by atoms with Gasteiger partial charge in [0.15, 0.2) is 5.96 Å². The first kappa shape index (κ1) is 21.1. The van der Waals surface area contributed by atoms with Crippen molar-refractivity contribution in [3.05, 3.63) is 34.3 Å². The van der Waals surface area contributed by atoms with Crippen molar-refractivity contribution in [2.75, 3.05) is 27.4 Å². The lowest BCUT2D eigenvalue weighted by Crippen LogP contribution is -2.47. The van der Waals surface area contributed by atoms with Crippen molar-refractivity contribution in [3.8, 4) is 0 Å². The quantitative estimate of drug-likeness (QED) is 0.446. The number of nitrogens with zero attached hydrogens (tertiary/aromatic N) is 2. The van der Waals surface area contributed by atoms with E-state index in [1.165, 1.54) is 10.5 Å². The first-order chi connectivity index (χ1) is 13.4. The Balaban J connectivity index is 2.03. The lowest BCUT2D eigenvalue weighted by Gasteiger charge is -2.46. The van der Waals surface area contributed by atoms with Crippen LogP contribution in [0.5, 0.6) is 0 Å². The van der Waals surface area contributed by atoms with Crippen LogP contribution < -0.4 is 5.73 Å². The molecule has 2 N–H and O–H groups in total. The van der Waals surface area contributed by atoms with Crippen LogP contribution in [0.2, 0.25) is 5.02 Å². The van der Waals surface area contributed by atoms with Crippen LogP contribution in [0.25, 0.3) is 0 Å². The van der Waals surface area contributed by atoms with Gasteiger partial charge in [-0.05, 0) is 62.3 Å². The minimum atomic E-state index is -0.551. The molecule has 2 aliphatic carbocycles. The Bertz CT molecular complexity index is 746. The lowest BCUT2D eigenvalue weighted by molar-refractivity contribution is -0.115. The highest BCUT2D eigenvalue weighted by Crippen LogP contribution is 2.60. The minimum Gasteiger partial charge on any atom is -0.383 e. The molecule has 0 aliphatic heterocycles. The fourth-order valence-electron chi connectivity index (χ4n) is 4.90. The molecule has 1 atom stereocenters. The van der Waals surface area contributed by atoms with E-state index in [9.17, 15) is 4.79 Å². The number of nitrogens with two attached hydrogens (primary N) is 1. The Morgan fingerprint density at radius 2 is 2.11 bits per heavy atom. The second kappa shape index (κ2) is 8.39. The highest BCUT2D eigenvalue weighted by atomic mass is 35.5. The highest BCUT2D eigenvalue weighted by Gasteiger charge is 2.56. The summed E-state index contributed by atoms with van der Waals surface area (Å²) in [5.41, 5.74) is 8.06. The molecule has 0 heterocycles. The maximum absolute atomic E-state index is 11.6. The molecule has 1 fully saturated rings. The maximum Gasteiger partial charge on any atom is 0.216 e. The molecule has 1 unspecified atom stereocenters. The maximum atomic E-state index is 11.6. The molecular weight excluding hydrogens is 378 g/mol. The molecule has 6 nitrogen and oxygen atoms in total. The van der Waals surface area contributed by atoms with Gasteiger partial charge in [-0.1, -0.05) is 17.7 Å². The Kier molecular flexibility index (Phi) is 6.32. The highest BCUT2D eigenvalue weighted by molar-refractivity contribution is 6.30. The Morgan fingerprint density at radius 1 is 1.39 bits per heavy atom. The standard InChI is InChI=1S/C21H30ClN3O3/c1-20(24-19(23)25(14-26)10-11-27-2)18-12-16(22)5-4-15(18)13-21(20)8-6-17(28-3)7-9-21/h4-5,12,14,17H,6-11,13H2,1-3H3,(H2,23,24)/t17-,20?,21-. The van der Waals surface area contributed by atoms with Crippen LogP contribution in [0.1, 0.15) is 43.7 Å². The number of hydrogen-bond acceptors (Lipinski definition) is 4. The first-order valence-electron chi connectivity index (χ1n) is 9.77. The summed E-state index contributed by atoms with van der Waals surface area (Å²) in [7, 11) is 3.37. The molecular formula is C21H30ClN3O3. The second-order valence-electron chi connectivity index (χ2n) is 8.03. The number of methoxy groups -OCH3 is 2. The van der Waals surface area contributed by atoms with E-state index in [0.29, 0.717) is 24.6 Å². The molecule has 154 valence electrons. The lowest BCUT2D eigenvalue weighted by atomic mass is 9.62. The van der Waals surface area contributed by atoms with Gasteiger partial charge in [0, 0.05) is 24.7 Å². The van der Waals surface area contributed by atoms with Gasteiger partial charge in [-0.15, -0.1) is 0 Å². The topological polar surface area (TPSA) is 77.2 Å². The molecule has 0 bridgehead atoms. The van der Waals surface area contributed by atoms with Gasteiger partial charge in [0.25, 0.3) is 0 Å². The third-order valence-electron chi connectivity index (χ3n) is 6.68. The Morgan fingerprint density at radius 3 is 2.71 bits per heavy atom. The van der Waals surface area contributed by atoms with E-state index in [1.54, 1.807) is 14.2 Å². The van der Waals surface area contributed by atoms with E-state index in [-0.39, 0.29) is 17.5 Å². The van der Waals surface area contributed by atoms with Gasteiger partial charge >= 0.3 is 0 Å². The van der Waals surface area contributed by atoms with E-state index in [0.717, 1.165) is 37.7 Å². The number of hydrogen-bond donors (Lipinski definition) is 1. The van der Waals surface area contributed by atoms with Crippen LogP contribution in [0, 0.1) is 5.41 Å². The molecule has 1 spiro atoms. The number of carbonyl (C=O) groups excluding carboxylic acids is 1. The number of carbonyl (C=O) groups is 1. The van der Waals surface area contributed by atoms with Crippen molar-refractivity contribution in [3.63, 3.8) is 0 Å². The summed E-state index contributed by atoms with van der Waals surface area (Å²) in [6.07, 6.45) is 5.89. The monoisotopic (exact) mass is 407 g/mol. The summed E-state index contributed by atoms with van der Waals surface area (Å²) in [5.74, 6) is 0.218. The van der Waals surface area contributed by atoms with E-state index in [2.05, 4.69) is 13.0 Å². The van der Waals surface area contributed by atoms with Crippen molar-refractivity contribution >= 4 is 24.0 Å². The molecule has 7 heteroatoms. The van der Waals surface area contributed by atoms with E-state index >= 15 is 0 Å². The summed E-state index contributed by atoms with van der Waals surface area (Å²) in [6, 6.07) is 6.04. The van der Waals surface area contributed by atoms with Crippen LogP contribution in [-0.4, -0.2) is 50.7 Å². The largest absolute Gasteiger partial charge is 0.383 e. The van der Waals surface area contributed by atoms with Gasteiger partial charge in [-0.2, -0.15) is 0 Å². The smallest absolute Gasteiger partial charge is 0.216 e. The third kappa shape index (κ3) is 3.65. The van der Waals surface area contributed by atoms with Crippen molar-refractivity contribution in [1.82, 2.24) is 4.90 Å². The molecule has 3 rings (SSSR count). The predicted octanol–water partition coefficient (Wildman–Crippen LogP) is 3.11. The number of rotatable bonds is 6. The molecule has 28 heavy (non-hydrogen) atoms. The predicted molar refractivity (Wildman–Crippen MR) is 110 cm³/mol. The number of halogens is 1. The molecule has 1 amide bonds. The molecule has 1 aromatic rings. The van der Waals surface area contributed by atoms with Gasteiger partial charge in [0.05, 0.1) is 24.8 Å². The zero-order chi connectivity index (χ0) is 20.4. The van der Waals surface area contributed by atoms with Crippen LogP contribution in [0.4, 0.5) is 0 Å². The van der Waals surface area contributed by atoms with Gasteiger partial charge in [-0.25, -0.2) is 4.99 Å². The summed E-state index contributed by atoms with van der Waals surface area (Å²) < 4.78 is 10.7. The zero-order valence-corrected chi connectivity index (χ0v) is 17.7. The second-order valence-corrected chi connectivity index (χ2v) is 8.46. The molecule has 0 radical (unpaired) electrons. The van der Waals surface area contributed by atoms with Crippen molar-refractivity contribution in [2.24, 2.45) is 16.1 Å². The first-order valence-corrected chi connectivity index (χ1v) is 10.1. The fraction of sp³-hybridized carbons (Fsp3) is 0.619. The number of aliphatic imine (C=N–C) groups is 1. The number of benzene rings is 1. The minimum absolute atomic E-state index is 0.0600. The average molecular weight is 408 g/mol. The average Bonchev–Trinajstić information content (AvgIpc) is 2.91. The van der Waals surface area contributed by atoms with E-state index in [1.807, 2.05) is 12.1 Å².